The molecule has 0 heterocycles. The fraction of sp³-hybridized carbons (Fsp3) is 0.846. The highest BCUT2D eigenvalue weighted by Crippen LogP contribution is 2.31. The fourth-order valence-electron chi connectivity index (χ4n) is 2.52. The minimum absolute atomic E-state index is 0.0247. The molecule has 4 atom stereocenters. The van der Waals surface area contributed by atoms with Crippen molar-refractivity contribution in [2.24, 2.45) is 11.8 Å². The van der Waals surface area contributed by atoms with E-state index in [0.717, 1.165) is 12.8 Å². The third kappa shape index (κ3) is 5.90. The van der Waals surface area contributed by atoms with Crippen LogP contribution in [0.4, 0.5) is 4.79 Å². The van der Waals surface area contributed by atoms with Crippen LogP contribution in [-0.4, -0.2) is 45.9 Å². The topological polar surface area (TPSA) is 95.5 Å². The first-order chi connectivity index (χ1) is 9.40. The molecule has 0 aromatic heterocycles. The van der Waals surface area contributed by atoms with E-state index in [-0.39, 0.29) is 23.9 Å². The molecule has 1 saturated carbocycles. The van der Waals surface area contributed by atoms with Crippen LogP contribution in [0.2, 0.25) is 0 Å². The molecule has 0 aromatic carbocycles. The Hall–Kier alpha value is -1.11. The summed E-state index contributed by atoms with van der Waals surface area (Å²) in [7, 11) is -0.854. The molecule has 2 amide bonds. The maximum absolute atomic E-state index is 11.7. The summed E-state index contributed by atoms with van der Waals surface area (Å²) in [6.45, 7) is 2.26. The summed E-state index contributed by atoms with van der Waals surface area (Å²) in [5.41, 5.74) is 0. The second-order valence-electron chi connectivity index (χ2n) is 5.46. The van der Waals surface area contributed by atoms with Gasteiger partial charge in [0.15, 0.2) is 0 Å². The van der Waals surface area contributed by atoms with Gasteiger partial charge in [-0.25, -0.2) is 4.79 Å². The van der Waals surface area contributed by atoms with Gasteiger partial charge < -0.3 is 15.7 Å². The van der Waals surface area contributed by atoms with Gasteiger partial charge in [-0.15, -0.1) is 0 Å². The number of rotatable bonds is 7. The number of hydrogen-bond donors (Lipinski definition) is 3. The van der Waals surface area contributed by atoms with E-state index in [2.05, 4.69) is 10.6 Å². The normalized spacial score (nSPS) is 24.9. The first-order valence-electron chi connectivity index (χ1n) is 6.97. The van der Waals surface area contributed by atoms with Crippen molar-refractivity contribution < 1.29 is 18.9 Å². The molecule has 0 aromatic rings. The zero-order valence-corrected chi connectivity index (χ0v) is 12.9. The summed E-state index contributed by atoms with van der Waals surface area (Å²) in [6.07, 6.45) is 4.75. The average molecular weight is 304 g/mol. The highest BCUT2D eigenvalue weighted by atomic mass is 32.2. The number of nitrogens with one attached hydrogen (secondary N) is 2. The van der Waals surface area contributed by atoms with Crippen LogP contribution in [0.25, 0.3) is 0 Å². The average Bonchev–Trinajstić information content (AvgIpc) is 2.82. The number of amides is 2. The molecule has 7 heteroatoms. The van der Waals surface area contributed by atoms with Crippen LogP contribution in [0.15, 0.2) is 0 Å². The van der Waals surface area contributed by atoms with E-state index in [1.54, 1.807) is 6.26 Å². The van der Waals surface area contributed by atoms with Crippen LogP contribution in [0.1, 0.15) is 32.6 Å². The van der Waals surface area contributed by atoms with Crippen LogP contribution >= 0.6 is 0 Å². The van der Waals surface area contributed by atoms with Gasteiger partial charge in [0.1, 0.15) is 0 Å². The minimum atomic E-state index is -0.854. The Bertz CT molecular complexity index is 375. The highest BCUT2D eigenvalue weighted by Gasteiger charge is 2.32. The summed E-state index contributed by atoms with van der Waals surface area (Å²) in [5, 5.41) is 14.6. The molecule has 4 unspecified atom stereocenters. The van der Waals surface area contributed by atoms with Crippen LogP contribution in [0, 0.1) is 11.8 Å². The maximum Gasteiger partial charge on any atom is 0.315 e. The Morgan fingerprint density at radius 1 is 1.40 bits per heavy atom. The summed E-state index contributed by atoms with van der Waals surface area (Å²) < 4.78 is 11.0. The number of urea groups is 1. The van der Waals surface area contributed by atoms with E-state index >= 15 is 0 Å². The Balaban J connectivity index is 2.25. The van der Waals surface area contributed by atoms with Gasteiger partial charge in [-0.1, -0.05) is 6.42 Å². The molecular weight excluding hydrogens is 280 g/mol. The van der Waals surface area contributed by atoms with Crippen LogP contribution in [0.5, 0.6) is 0 Å². The third-order valence-corrected chi connectivity index (χ3v) is 4.53. The molecule has 1 aliphatic rings. The monoisotopic (exact) mass is 304 g/mol. The largest absolute Gasteiger partial charge is 0.481 e. The molecule has 20 heavy (non-hydrogen) atoms. The lowest BCUT2D eigenvalue weighted by Crippen LogP contribution is -2.43. The van der Waals surface area contributed by atoms with Crippen LogP contribution in [-0.2, 0) is 15.6 Å². The van der Waals surface area contributed by atoms with Crippen LogP contribution in [0.3, 0.4) is 0 Å². The number of carboxylic acid groups (broad SMARTS) is 1. The zero-order valence-electron chi connectivity index (χ0n) is 12.1. The van der Waals surface area contributed by atoms with Gasteiger partial charge in [0, 0.05) is 35.4 Å². The van der Waals surface area contributed by atoms with Gasteiger partial charge in [-0.3, -0.25) is 9.00 Å². The predicted octanol–water partition coefficient (Wildman–Crippen LogP) is 0.944. The maximum atomic E-state index is 11.7. The van der Waals surface area contributed by atoms with Crippen molar-refractivity contribution in [3.8, 4) is 0 Å². The van der Waals surface area contributed by atoms with Crippen molar-refractivity contribution in [1.29, 1.82) is 0 Å². The van der Waals surface area contributed by atoms with E-state index in [1.165, 1.54) is 0 Å². The number of carbonyl (C=O) groups excluding carboxylic acids is 1. The van der Waals surface area contributed by atoms with Crippen molar-refractivity contribution in [1.82, 2.24) is 10.6 Å². The van der Waals surface area contributed by atoms with E-state index in [4.69, 9.17) is 5.11 Å². The first kappa shape index (κ1) is 16.9. The molecule has 1 fully saturated rings. The van der Waals surface area contributed by atoms with Gasteiger partial charge in [0.05, 0.1) is 5.92 Å². The van der Waals surface area contributed by atoms with Crippen molar-refractivity contribution >= 4 is 22.8 Å². The SMILES string of the molecule is CC(CCS(C)=O)NC(=O)NCC1CCCC1C(=O)O. The Morgan fingerprint density at radius 2 is 2.10 bits per heavy atom. The third-order valence-electron chi connectivity index (χ3n) is 3.72. The van der Waals surface area contributed by atoms with Crippen molar-refractivity contribution in [3.05, 3.63) is 0 Å². The molecule has 0 bridgehead atoms. The quantitative estimate of drug-likeness (QED) is 0.652. The smallest absolute Gasteiger partial charge is 0.315 e. The van der Waals surface area contributed by atoms with E-state index in [9.17, 15) is 13.8 Å². The zero-order chi connectivity index (χ0) is 15.1. The van der Waals surface area contributed by atoms with Gasteiger partial charge in [-0.05, 0) is 32.1 Å². The van der Waals surface area contributed by atoms with E-state index < -0.39 is 16.8 Å². The second kappa shape index (κ2) is 8.24. The summed E-state index contributed by atoms with van der Waals surface area (Å²) in [4.78, 5) is 22.7. The molecule has 1 aliphatic carbocycles. The number of carbonyl (C=O) groups is 2. The molecule has 116 valence electrons. The lowest BCUT2D eigenvalue weighted by molar-refractivity contribution is -0.142. The molecule has 1 rings (SSSR count). The Kier molecular flexibility index (Phi) is 6.98. The summed E-state index contributed by atoms with van der Waals surface area (Å²) in [5.74, 6) is -0.522. The lowest BCUT2D eigenvalue weighted by atomic mass is 9.96. The van der Waals surface area contributed by atoms with Crippen molar-refractivity contribution in [2.75, 3.05) is 18.6 Å². The second-order valence-corrected chi connectivity index (χ2v) is 7.01. The Morgan fingerprint density at radius 3 is 2.70 bits per heavy atom. The van der Waals surface area contributed by atoms with Gasteiger partial charge in [0.25, 0.3) is 0 Å². The lowest BCUT2D eigenvalue weighted by Gasteiger charge is -2.18. The van der Waals surface area contributed by atoms with E-state index in [0.29, 0.717) is 25.1 Å². The van der Waals surface area contributed by atoms with E-state index in [1.807, 2.05) is 6.92 Å². The number of carboxylic acids is 1. The van der Waals surface area contributed by atoms with Crippen molar-refractivity contribution in [3.63, 3.8) is 0 Å². The molecule has 0 saturated heterocycles. The molecule has 6 nitrogen and oxygen atoms in total. The highest BCUT2D eigenvalue weighted by molar-refractivity contribution is 7.84. The fourth-order valence-corrected chi connectivity index (χ4v) is 3.21. The van der Waals surface area contributed by atoms with Crippen molar-refractivity contribution in [2.45, 2.75) is 38.6 Å². The predicted molar refractivity (Wildman–Crippen MR) is 78.0 cm³/mol. The standard InChI is InChI=1S/C13H24N2O4S/c1-9(6-7-20(2)19)15-13(18)14-8-10-4-3-5-11(10)12(16)17/h9-11H,3-8H2,1-2H3,(H,16,17)(H2,14,15,18). The number of hydrogen-bond acceptors (Lipinski definition) is 3. The Labute approximate surface area is 122 Å². The molecular formula is C13H24N2O4S. The van der Waals surface area contributed by atoms with Gasteiger partial charge in [0.2, 0.25) is 0 Å². The summed E-state index contributed by atoms with van der Waals surface area (Å²) in [6, 6.07) is -0.326. The van der Waals surface area contributed by atoms with Gasteiger partial charge in [-0.2, -0.15) is 0 Å². The molecule has 0 spiro atoms. The number of aliphatic carboxylic acids is 1. The first-order valence-corrected chi connectivity index (χ1v) is 8.70. The molecule has 0 aliphatic heterocycles. The van der Waals surface area contributed by atoms with Gasteiger partial charge >= 0.3 is 12.0 Å². The summed E-state index contributed by atoms with van der Waals surface area (Å²) >= 11 is 0. The molecule has 0 radical (unpaired) electrons. The van der Waals surface area contributed by atoms with Crippen LogP contribution < -0.4 is 10.6 Å². The minimum Gasteiger partial charge on any atom is -0.481 e. The molecule has 3 N–H and O–H groups in total.